The van der Waals surface area contributed by atoms with Crippen LogP contribution in [0, 0.1) is 13.8 Å². The minimum atomic E-state index is -0.165. The molecule has 8 nitrogen and oxygen atoms in total. The SMILES string of the molecule is CC=Nc1[nH]cc(C(=O)N(C)C(CCNC(=O)c2c(C)nc3sccn23)C(C)c2ccccc2)c1C. The van der Waals surface area contributed by atoms with Crippen molar-refractivity contribution in [1.82, 2.24) is 24.6 Å². The van der Waals surface area contributed by atoms with E-state index in [0.717, 1.165) is 16.1 Å². The molecule has 188 valence electrons. The molecule has 0 aliphatic carbocycles. The quantitative estimate of drug-likeness (QED) is 0.310. The van der Waals surface area contributed by atoms with Gasteiger partial charge < -0.3 is 15.2 Å². The molecule has 0 spiro atoms. The van der Waals surface area contributed by atoms with Crippen LogP contribution in [-0.4, -0.2) is 56.9 Å². The van der Waals surface area contributed by atoms with Gasteiger partial charge in [0.2, 0.25) is 0 Å². The van der Waals surface area contributed by atoms with Gasteiger partial charge in [-0.25, -0.2) is 9.98 Å². The van der Waals surface area contributed by atoms with Crippen LogP contribution in [0.4, 0.5) is 5.82 Å². The van der Waals surface area contributed by atoms with Crippen molar-refractivity contribution < 1.29 is 9.59 Å². The highest BCUT2D eigenvalue weighted by molar-refractivity contribution is 7.15. The zero-order valence-electron chi connectivity index (χ0n) is 21.3. The van der Waals surface area contributed by atoms with E-state index in [2.05, 4.69) is 39.3 Å². The Hall–Kier alpha value is -3.72. The number of aryl methyl sites for hydroxylation is 1. The second-order valence-electron chi connectivity index (χ2n) is 8.89. The molecule has 2 unspecified atom stereocenters. The highest BCUT2D eigenvalue weighted by atomic mass is 32.1. The third kappa shape index (κ3) is 4.97. The Bertz CT molecular complexity index is 1380. The zero-order chi connectivity index (χ0) is 25.8. The zero-order valence-corrected chi connectivity index (χ0v) is 22.1. The van der Waals surface area contributed by atoms with Gasteiger partial charge in [-0.15, -0.1) is 11.3 Å². The van der Waals surface area contributed by atoms with Crippen LogP contribution >= 0.6 is 11.3 Å². The van der Waals surface area contributed by atoms with E-state index in [1.165, 1.54) is 11.3 Å². The van der Waals surface area contributed by atoms with Gasteiger partial charge >= 0.3 is 0 Å². The largest absolute Gasteiger partial charge is 0.351 e. The van der Waals surface area contributed by atoms with E-state index in [0.29, 0.717) is 35.7 Å². The van der Waals surface area contributed by atoms with Crippen molar-refractivity contribution in [3.8, 4) is 0 Å². The molecule has 9 heteroatoms. The number of likely N-dealkylation sites (N-methyl/N-ethyl adjacent to an activating group) is 1. The monoisotopic (exact) mass is 504 g/mol. The molecule has 2 amide bonds. The summed E-state index contributed by atoms with van der Waals surface area (Å²) in [6, 6.07) is 10.0. The average Bonchev–Trinajstić information content (AvgIpc) is 3.56. The van der Waals surface area contributed by atoms with Crippen LogP contribution in [0.3, 0.4) is 0 Å². The first-order valence-electron chi connectivity index (χ1n) is 12.0. The number of nitrogens with zero attached hydrogens (tertiary/aromatic N) is 4. The fourth-order valence-corrected chi connectivity index (χ4v) is 5.41. The van der Waals surface area contributed by atoms with Gasteiger partial charge in [-0.3, -0.25) is 14.0 Å². The van der Waals surface area contributed by atoms with Crippen LogP contribution in [0.1, 0.15) is 63.9 Å². The van der Waals surface area contributed by atoms with Crippen LogP contribution in [0.15, 0.2) is 53.1 Å². The Morgan fingerprint density at radius 2 is 2.03 bits per heavy atom. The van der Waals surface area contributed by atoms with Crippen LogP contribution in [0.25, 0.3) is 4.96 Å². The van der Waals surface area contributed by atoms with Crippen molar-refractivity contribution in [3.05, 3.63) is 76.2 Å². The van der Waals surface area contributed by atoms with Gasteiger partial charge in [0.1, 0.15) is 11.5 Å². The molecule has 3 aromatic heterocycles. The highest BCUT2D eigenvalue weighted by Crippen LogP contribution is 2.28. The molecule has 0 fully saturated rings. The standard InChI is InChI=1S/C27H32N6O2S/c1-6-28-24-18(3)21(16-30-24)26(35)32(5)22(17(2)20-10-8-7-9-11-20)12-13-29-25(34)23-19(4)31-27-33(23)14-15-36-27/h6-11,14-17,22,30H,12-13H2,1-5H3,(H,29,34). The predicted octanol–water partition coefficient (Wildman–Crippen LogP) is 5.13. The smallest absolute Gasteiger partial charge is 0.270 e. The van der Waals surface area contributed by atoms with E-state index in [4.69, 9.17) is 0 Å². The van der Waals surface area contributed by atoms with Crippen molar-refractivity contribution in [2.75, 3.05) is 13.6 Å². The number of imidazole rings is 1. The molecule has 3 heterocycles. The molecular weight excluding hydrogens is 472 g/mol. The molecule has 0 saturated heterocycles. The number of aromatic nitrogens is 3. The van der Waals surface area contributed by atoms with Crippen molar-refractivity contribution in [1.29, 1.82) is 0 Å². The van der Waals surface area contributed by atoms with E-state index in [1.807, 2.05) is 62.0 Å². The number of carbonyl (C=O) groups is 2. The lowest BCUT2D eigenvalue weighted by atomic mass is 9.90. The number of carbonyl (C=O) groups excluding carboxylic acids is 2. The van der Waals surface area contributed by atoms with Gasteiger partial charge in [0.05, 0.1) is 11.3 Å². The summed E-state index contributed by atoms with van der Waals surface area (Å²) in [6.45, 7) is 8.13. The Labute approximate surface area is 215 Å². The number of aliphatic imine (C=N–C) groups is 1. The fraction of sp³-hybridized carbons (Fsp3) is 0.333. The summed E-state index contributed by atoms with van der Waals surface area (Å²) in [7, 11) is 1.83. The maximum Gasteiger partial charge on any atom is 0.270 e. The van der Waals surface area contributed by atoms with Gasteiger partial charge in [0.15, 0.2) is 4.96 Å². The van der Waals surface area contributed by atoms with Crippen molar-refractivity contribution in [3.63, 3.8) is 0 Å². The van der Waals surface area contributed by atoms with E-state index in [9.17, 15) is 9.59 Å². The minimum Gasteiger partial charge on any atom is -0.351 e. The highest BCUT2D eigenvalue weighted by Gasteiger charge is 2.29. The topological polar surface area (TPSA) is 94.9 Å². The third-order valence-electron chi connectivity index (χ3n) is 6.70. The summed E-state index contributed by atoms with van der Waals surface area (Å²) in [4.78, 5) is 41.1. The minimum absolute atomic E-state index is 0.0599. The van der Waals surface area contributed by atoms with Gasteiger partial charge in [-0.2, -0.15) is 0 Å². The number of rotatable bonds is 9. The van der Waals surface area contributed by atoms with Gasteiger partial charge in [0.25, 0.3) is 11.8 Å². The maximum absolute atomic E-state index is 13.6. The van der Waals surface area contributed by atoms with E-state index < -0.39 is 0 Å². The first-order chi connectivity index (χ1) is 17.3. The Morgan fingerprint density at radius 3 is 2.75 bits per heavy atom. The number of hydrogen-bond acceptors (Lipinski definition) is 5. The van der Waals surface area contributed by atoms with Gasteiger partial charge in [-0.05, 0) is 32.8 Å². The fourth-order valence-electron chi connectivity index (χ4n) is 4.65. The average molecular weight is 505 g/mol. The molecule has 2 N–H and O–H groups in total. The lowest BCUT2D eigenvalue weighted by Gasteiger charge is -2.33. The van der Waals surface area contributed by atoms with E-state index in [-0.39, 0.29) is 23.8 Å². The molecule has 1 aromatic carbocycles. The number of thiazole rings is 1. The third-order valence-corrected chi connectivity index (χ3v) is 7.46. The number of hydrogen-bond donors (Lipinski definition) is 2. The molecule has 2 atom stereocenters. The normalized spacial score (nSPS) is 13.2. The second-order valence-corrected chi connectivity index (χ2v) is 9.77. The molecule has 0 radical (unpaired) electrons. The molecule has 0 aliphatic heterocycles. The first-order valence-corrected chi connectivity index (χ1v) is 12.9. The summed E-state index contributed by atoms with van der Waals surface area (Å²) in [5, 5.41) is 4.97. The van der Waals surface area contributed by atoms with Crippen molar-refractivity contribution >= 4 is 40.1 Å². The van der Waals surface area contributed by atoms with Gasteiger partial charge in [-0.1, -0.05) is 37.3 Å². The van der Waals surface area contributed by atoms with E-state index in [1.54, 1.807) is 17.3 Å². The van der Waals surface area contributed by atoms with Crippen LogP contribution in [-0.2, 0) is 0 Å². The predicted molar refractivity (Wildman–Crippen MR) is 145 cm³/mol. The Kier molecular flexibility index (Phi) is 7.69. The molecule has 36 heavy (non-hydrogen) atoms. The summed E-state index contributed by atoms with van der Waals surface area (Å²) >= 11 is 1.50. The molecule has 0 bridgehead atoms. The summed E-state index contributed by atoms with van der Waals surface area (Å²) in [5.74, 6) is 0.504. The van der Waals surface area contributed by atoms with Crippen LogP contribution in [0.2, 0.25) is 0 Å². The van der Waals surface area contributed by atoms with Crippen molar-refractivity contribution in [2.45, 2.75) is 46.1 Å². The number of fused-ring (bicyclic) bond motifs is 1. The molecule has 4 aromatic rings. The Balaban J connectivity index is 1.53. The van der Waals surface area contributed by atoms with Gasteiger partial charge in [0, 0.05) is 55.1 Å². The number of H-pyrrole nitrogens is 1. The number of amides is 2. The summed E-state index contributed by atoms with van der Waals surface area (Å²) in [5.41, 5.74) is 3.81. The van der Waals surface area contributed by atoms with Crippen LogP contribution < -0.4 is 5.32 Å². The molecule has 4 rings (SSSR count). The Morgan fingerprint density at radius 1 is 1.28 bits per heavy atom. The lowest BCUT2D eigenvalue weighted by molar-refractivity contribution is 0.0701. The maximum atomic E-state index is 13.6. The number of benzene rings is 1. The summed E-state index contributed by atoms with van der Waals surface area (Å²) < 4.78 is 1.82. The summed E-state index contributed by atoms with van der Waals surface area (Å²) in [6.07, 6.45) is 5.87. The van der Waals surface area contributed by atoms with E-state index >= 15 is 0 Å². The lowest BCUT2D eigenvalue weighted by Crippen LogP contribution is -2.42. The van der Waals surface area contributed by atoms with Crippen molar-refractivity contribution in [2.24, 2.45) is 4.99 Å². The molecule has 0 aliphatic rings. The first kappa shape index (κ1) is 25.4. The molecule has 0 saturated carbocycles. The second kappa shape index (κ2) is 10.9. The number of aromatic amines is 1. The molecular formula is C27H32N6O2S. The number of nitrogens with one attached hydrogen (secondary N) is 2. The van der Waals surface area contributed by atoms with Crippen LogP contribution in [0.5, 0.6) is 0 Å².